The Balaban J connectivity index is 2.12. The number of methoxy groups -OCH3 is 1. The number of carbonyl (C=O) groups excluding carboxylic acids is 1. The minimum absolute atomic E-state index is 0.272. The number of benzene rings is 1. The first-order chi connectivity index (χ1) is 8.19. The van der Waals surface area contributed by atoms with E-state index >= 15 is 0 Å². The SMILES string of the molecule is COc1cccc(NC(=O)c2ccc(C)o2)c1. The van der Waals surface area contributed by atoms with Crippen LogP contribution in [0.2, 0.25) is 0 Å². The summed E-state index contributed by atoms with van der Waals surface area (Å²) < 4.78 is 10.3. The summed E-state index contributed by atoms with van der Waals surface area (Å²) in [7, 11) is 1.58. The lowest BCUT2D eigenvalue weighted by Gasteiger charge is -2.05. The minimum Gasteiger partial charge on any atom is -0.497 e. The van der Waals surface area contributed by atoms with Crippen LogP contribution in [0.5, 0.6) is 5.75 Å². The largest absolute Gasteiger partial charge is 0.497 e. The van der Waals surface area contributed by atoms with Crippen LogP contribution in [0.3, 0.4) is 0 Å². The molecule has 0 fully saturated rings. The van der Waals surface area contributed by atoms with Crippen molar-refractivity contribution in [1.29, 1.82) is 0 Å². The van der Waals surface area contributed by atoms with Crippen LogP contribution in [0.25, 0.3) is 0 Å². The summed E-state index contributed by atoms with van der Waals surface area (Å²) in [4.78, 5) is 11.8. The van der Waals surface area contributed by atoms with Crippen molar-refractivity contribution >= 4 is 11.6 Å². The fraction of sp³-hybridized carbons (Fsp3) is 0.154. The molecule has 2 rings (SSSR count). The molecule has 1 aromatic heterocycles. The first-order valence-corrected chi connectivity index (χ1v) is 5.21. The molecule has 4 nitrogen and oxygen atoms in total. The van der Waals surface area contributed by atoms with Gasteiger partial charge in [-0.05, 0) is 31.2 Å². The van der Waals surface area contributed by atoms with Crippen molar-refractivity contribution in [3.63, 3.8) is 0 Å². The zero-order valence-corrected chi connectivity index (χ0v) is 9.69. The third-order valence-corrected chi connectivity index (χ3v) is 2.29. The van der Waals surface area contributed by atoms with Crippen LogP contribution < -0.4 is 10.1 Å². The van der Waals surface area contributed by atoms with E-state index in [2.05, 4.69) is 5.32 Å². The van der Waals surface area contributed by atoms with Gasteiger partial charge in [0.1, 0.15) is 11.5 Å². The lowest BCUT2D eigenvalue weighted by molar-refractivity contribution is 0.0995. The maximum Gasteiger partial charge on any atom is 0.291 e. The van der Waals surface area contributed by atoms with Crippen molar-refractivity contribution < 1.29 is 13.9 Å². The van der Waals surface area contributed by atoms with E-state index in [0.29, 0.717) is 23.0 Å². The van der Waals surface area contributed by atoms with E-state index in [-0.39, 0.29) is 5.91 Å². The maximum absolute atomic E-state index is 11.8. The molecule has 0 saturated heterocycles. The highest BCUT2D eigenvalue weighted by Crippen LogP contribution is 2.17. The van der Waals surface area contributed by atoms with Crippen molar-refractivity contribution in [2.75, 3.05) is 12.4 Å². The summed E-state index contributed by atoms with van der Waals surface area (Å²) >= 11 is 0. The fourth-order valence-electron chi connectivity index (χ4n) is 1.45. The normalized spacial score (nSPS) is 10.0. The summed E-state index contributed by atoms with van der Waals surface area (Å²) in [5, 5.41) is 2.73. The summed E-state index contributed by atoms with van der Waals surface area (Å²) in [6, 6.07) is 10.5. The minimum atomic E-state index is -0.272. The second-order valence-electron chi connectivity index (χ2n) is 3.60. The molecule has 0 radical (unpaired) electrons. The van der Waals surface area contributed by atoms with E-state index < -0.39 is 0 Å². The van der Waals surface area contributed by atoms with E-state index in [4.69, 9.17) is 9.15 Å². The van der Waals surface area contributed by atoms with Gasteiger partial charge in [-0.2, -0.15) is 0 Å². The van der Waals surface area contributed by atoms with E-state index in [1.165, 1.54) is 0 Å². The second-order valence-corrected chi connectivity index (χ2v) is 3.60. The molecule has 4 heteroatoms. The number of hydrogen-bond donors (Lipinski definition) is 1. The Kier molecular flexibility index (Phi) is 3.14. The third-order valence-electron chi connectivity index (χ3n) is 2.29. The fourth-order valence-corrected chi connectivity index (χ4v) is 1.45. The highest BCUT2D eigenvalue weighted by atomic mass is 16.5. The van der Waals surface area contributed by atoms with Gasteiger partial charge in [0.2, 0.25) is 0 Å². The lowest BCUT2D eigenvalue weighted by atomic mass is 10.3. The molecule has 0 unspecified atom stereocenters. The number of rotatable bonds is 3. The first-order valence-electron chi connectivity index (χ1n) is 5.21. The smallest absolute Gasteiger partial charge is 0.291 e. The van der Waals surface area contributed by atoms with E-state index in [1.54, 1.807) is 38.3 Å². The second kappa shape index (κ2) is 4.74. The predicted octanol–water partition coefficient (Wildman–Crippen LogP) is 2.85. The maximum atomic E-state index is 11.8. The van der Waals surface area contributed by atoms with Gasteiger partial charge >= 0.3 is 0 Å². The van der Waals surface area contributed by atoms with Gasteiger partial charge in [0, 0.05) is 11.8 Å². The molecule has 0 aliphatic rings. The van der Waals surface area contributed by atoms with Gasteiger partial charge in [0.25, 0.3) is 5.91 Å². The Bertz CT molecular complexity index is 531. The van der Waals surface area contributed by atoms with Crippen molar-refractivity contribution in [3.8, 4) is 5.75 Å². The van der Waals surface area contributed by atoms with Crippen LogP contribution in [0.4, 0.5) is 5.69 Å². The average molecular weight is 231 g/mol. The topological polar surface area (TPSA) is 51.5 Å². The van der Waals surface area contributed by atoms with Crippen LogP contribution in [0.15, 0.2) is 40.8 Å². The Morgan fingerprint density at radius 3 is 2.76 bits per heavy atom. The number of amides is 1. The van der Waals surface area contributed by atoms with Crippen molar-refractivity contribution in [3.05, 3.63) is 47.9 Å². The predicted molar refractivity (Wildman–Crippen MR) is 64.4 cm³/mol. The molecular weight excluding hydrogens is 218 g/mol. The molecule has 0 aliphatic carbocycles. The summed E-state index contributed by atoms with van der Waals surface area (Å²) in [5.41, 5.74) is 0.670. The number of carbonyl (C=O) groups is 1. The van der Waals surface area contributed by atoms with E-state index in [0.717, 1.165) is 0 Å². The van der Waals surface area contributed by atoms with Gasteiger partial charge in [0.05, 0.1) is 7.11 Å². The average Bonchev–Trinajstić information content (AvgIpc) is 2.76. The standard InChI is InChI=1S/C13H13NO3/c1-9-6-7-12(17-9)13(15)14-10-4-3-5-11(8-10)16-2/h3-8H,1-2H3,(H,14,15). The summed E-state index contributed by atoms with van der Waals surface area (Å²) in [5.74, 6) is 1.43. The number of furan rings is 1. The third kappa shape index (κ3) is 2.66. The van der Waals surface area contributed by atoms with Gasteiger partial charge in [-0.3, -0.25) is 4.79 Å². The van der Waals surface area contributed by atoms with Crippen molar-refractivity contribution in [2.45, 2.75) is 6.92 Å². The quantitative estimate of drug-likeness (QED) is 0.883. The molecule has 1 amide bonds. The van der Waals surface area contributed by atoms with Gasteiger partial charge in [-0.25, -0.2) is 0 Å². The van der Waals surface area contributed by atoms with Crippen molar-refractivity contribution in [1.82, 2.24) is 0 Å². The number of aryl methyl sites for hydroxylation is 1. The molecule has 0 aliphatic heterocycles. The highest BCUT2D eigenvalue weighted by molar-refractivity contribution is 6.02. The zero-order chi connectivity index (χ0) is 12.3. The van der Waals surface area contributed by atoms with Gasteiger partial charge < -0.3 is 14.5 Å². The number of hydrogen-bond acceptors (Lipinski definition) is 3. The van der Waals surface area contributed by atoms with Crippen LogP contribution >= 0.6 is 0 Å². The number of nitrogens with one attached hydrogen (secondary N) is 1. The highest BCUT2D eigenvalue weighted by Gasteiger charge is 2.10. The number of ether oxygens (including phenoxy) is 1. The molecule has 1 aromatic carbocycles. The van der Waals surface area contributed by atoms with Crippen LogP contribution in [0.1, 0.15) is 16.3 Å². The Morgan fingerprint density at radius 2 is 2.12 bits per heavy atom. The van der Waals surface area contributed by atoms with E-state index in [1.807, 2.05) is 12.1 Å². The molecular formula is C13H13NO3. The molecule has 17 heavy (non-hydrogen) atoms. The van der Waals surface area contributed by atoms with Gasteiger partial charge in [0.15, 0.2) is 5.76 Å². The Labute approximate surface area is 99.2 Å². The van der Waals surface area contributed by atoms with E-state index in [9.17, 15) is 4.79 Å². The van der Waals surface area contributed by atoms with Crippen LogP contribution in [-0.4, -0.2) is 13.0 Å². The Hall–Kier alpha value is -2.23. The molecule has 88 valence electrons. The van der Waals surface area contributed by atoms with Gasteiger partial charge in [-0.15, -0.1) is 0 Å². The number of anilines is 1. The molecule has 0 atom stereocenters. The van der Waals surface area contributed by atoms with Crippen LogP contribution in [0, 0.1) is 6.92 Å². The summed E-state index contributed by atoms with van der Waals surface area (Å²) in [6.45, 7) is 1.79. The molecule has 2 aromatic rings. The Morgan fingerprint density at radius 1 is 1.29 bits per heavy atom. The molecule has 0 saturated carbocycles. The van der Waals surface area contributed by atoms with Crippen molar-refractivity contribution in [2.24, 2.45) is 0 Å². The molecule has 1 N–H and O–H groups in total. The summed E-state index contributed by atoms with van der Waals surface area (Å²) in [6.07, 6.45) is 0. The molecule has 0 bridgehead atoms. The monoisotopic (exact) mass is 231 g/mol. The van der Waals surface area contributed by atoms with Gasteiger partial charge in [-0.1, -0.05) is 6.07 Å². The molecule has 1 heterocycles. The molecule has 0 spiro atoms. The van der Waals surface area contributed by atoms with Crippen LogP contribution in [-0.2, 0) is 0 Å². The lowest BCUT2D eigenvalue weighted by Crippen LogP contribution is -2.10. The zero-order valence-electron chi connectivity index (χ0n) is 9.69. The first kappa shape index (κ1) is 11.3.